The van der Waals surface area contributed by atoms with Crippen molar-refractivity contribution in [1.29, 1.82) is 0 Å². The second-order valence-electron chi connectivity index (χ2n) is 3.52. The largest absolute Gasteiger partial charge is 0.103 e. The molecule has 0 rings (SSSR count). The lowest BCUT2D eigenvalue weighted by molar-refractivity contribution is 0.767. The summed E-state index contributed by atoms with van der Waals surface area (Å²) in [7, 11) is 0. The molecule has 12 heavy (non-hydrogen) atoms. The Bertz CT molecular complexity index is 134. The molecular formula is C12H21. The van der Waals surface area contributed by atoms with Gasteiger partial charge in [0.25, 0.3) is 0 Å². The van der Waals surface area contributed by atoms with Crippen LogP contribution in [0.15, 0.2) is 0 Å². The summed E-state index contributed by atoms with van der Waals surface area (Å²) in [5.41, 5.74) is 0. The Kier molecular flexibility index (Phi) is 8.34. The van der Waals surface area contributed by atoms with Crippen LogP contribution in [0, 0.1) is 17.8 Å². The summed E-state index contributed by atoms with van der Waals surface area (Å²) in [4.78, 5) is 0. The van der Waals surface area contributed by atoms with Crippen LogP contribution in [0.1, 0.15) is 59.3 Å². The molecule has 0 aromatic rings. The Labute approximate surface area is 77.8 Å². The molecular weight excluding hydrogens is 144 g/mol. The fourth-order valence-corrected chi connectivity index (χ4v) is 0.972. The van der Waals surface area contributed by atoms with Crippen molar-refractivity contribution >= 4 is 0 Å². The highest BCUT2D eigenvalue weighted by molar-refractivity contribution is 4.98. The molecule has 0 bridgehead atoms. The lowest BCUT2D eigenvalue weighted by Crippen LogP contribution is -1.82. The second kappa shape index (κ2) is 8.65. The summed E-state index contributed by atoms with van der Waals surface area (Å²) in [6, 6.07) is 0. The van der Waals surface area contributed by atoms with Gasteiger partial charge in [-0.25, -0.2) is 0 Å². The molecule has 0 heteroatoms. The Morgan fingerprint density at radius 3 is 2.08 bits per heavy atom. The highest BCUT2D eigenvalue weighted by atomic mass is 14.0. The van der Waals surface area contributed by atoms with E-state index in [0.29, 0.717) is 0 Å². The van der Waals surface area contributed by atoms with Gasteiger partial charge in [-0.15, -0.1) is 11.8 Å². The number of rotatable bonds is 5. The average molecular weight is 165 g/mol. The van der Waals surface area contributed by atoms with Crippen molar-refractivity contribution in [3.8, 4) is 11.8 Å². The third-order valence-electron chi connectivity index (χ3n) is 1.76. The molecule has 0 aliphatic heterocycles. The van der Waals surface area contributed by atoms with Gasteiger partial charge in [0.05, 0.1) is 0 Å². The fraction of sp³-hybridized carbons (Fsp3) is 0.750. The maximum atomic E-state index is 3.21. The summed E-state index contributed by atoms with van der Waals surface area (Å²) < 4.78 is 0. The van der Waals surface area contributed by atoms with Crippen molar-refractivity contribution in [2.45, 2.75) is 59.3 Å². The number of hydrogen-bond donors (Lipinski definition) is 0. The zero-order valence-electron chi connectivity index (χ0n) is 8.74. The van der Waals surface area contributed by atoms with Gasteiger partial charge in [-0.3, -0.25) is 0 Å². The third-order valence-corrected chi connectivity index (χ3v) is 1.76. The molecule has 0 nitrogen and oxygen atoms in total. The molecule has 0 saturated heterocycles. The minimum atomic E-state index is 1.08. The van der Waals surface area contributed by atoms with Gasteiger partial charge in [0.1, 0.15) is 0 Å². The van der Waals surface area contributed by atoms with E-state index in [-0.39, 0.29) is 0 Å². The van der Waals surface area contributed by atoms with Crippen LogP contribution in [-0.2, 0) is 0 Å². The zero-order chi connectivity index (χ0) is 9.23. The standard InChI is InChI=1S/C12H21/c1-4-5-6-7-8-9-10-11-12(2)3/h4-6,9-11H2,1-3H3. The third kappa shape index (κ3) is 9.56. The van der Waals surface area contributed by atoms with Crippen molar-refractivity contribution in [2.75, 3.05) is 0 Å². The van der Waals surface area contributed by atoms with Gasteiger partial charge in [-0.1, -0.05) is 27.2 Å². The van der Waals surface area contributed by atoms with Gasteiger partial charge in [0.2, 0.25) is 0 Å². The Hall–Kier alpha value is -0.440. The SMILES string of the molecule is CCCCC#CCCC[C](C)C. The molecule has 0 unspecified atom stereocenters. The van der Waals surface area contributed by atoms with Crippen LogP contribution in [-0.4, -0.2) is 0 Å². The number of hydrogen-bond acceptors (Lipinski definition) is 0. The van der Waals surface area contributed by atoms with Gasteiger partial charge in [0, 0.05) is 12.8 Å². The fourth-order valence-electron chi connectivity index (χ4n) is 0.972. The van der Waals surface area contributed by atoms with Crippen molar-refractivity contribution in [3.63, 3.8) is 0 Å². The summed E-state index contributed by atoms with van der Waals surface area (Å²) in [5.74, 6) is 7.93. The molecule has 0 aliphatic carbocycles. The Morgan fingerprint density at radius 2 is 1.58 bits per heavy atom. The summed E-state index contributed by atoms with van der Waals surface area (Å²) in [6.07, 6.45) is 7.16. The first-order chi connectivity index (χ1) is 5.77. The molecule has 0 amide bonds. The molecule has 0 saturated carbocycles. The van der Waals surface area contributed by atoms with E-state index in [4.69, 9.17) is 0 Å². The molecule has 0 aromatic carbocycles. The van der Waals surface area contributed by atoms with E-state index >= 15 is 0 Å². The van der Waals surface area contributed by atoms with E-state index in [1.54, 1.807) is 0 Å². The van der Waals surface area contributed by atoms with Gasteiger partial charge >= 0.3 is 0 Å². The summed E-state index contributed by atoms with van der Waals surface area (Å²) in [5, 5.41) is 0. The highest BCUT2D eigenvalue weighted by Gasteiger charge is 1.91. The number of unbranched alkanes of at least 4 members (excludes halogenated alkanes) is 3. The summed E-state index contributed by atoms with van der Waals surface area (Å²) in [6.45, 7) is 6.58. The van der Waals surface area contributed by atoms with Crippen LogP contribution in [0.4, 0.5) is 0 Å². The first-order valence-corrected chi connectivity index (χ1v) is 5.02. The lowest BCUT2D eigenvalue weighted by Gasteiger charge is -1.98. The van der Waals surface area contributed by atoms with Gasteiger partial charge in [-0.05, 0) is 25.2 Å². The molecule has 0 fully saturated rings. The first-order valence-electron chi connectivity index (χ1n) is 5.02. The van der Waals surface area contributed by atoms with E-state index in [1.165, 1.54) is 31.6 Å². The Morgan fingerprint density at radius 1 is 1.00 bits per heavy atom. The smallest absolute Gasteiger partial charge is 0.00888 e. The average Bonchev–Trinajstić information content (AvgIpc) is 2.02. The van der Waals surface area contributed by atoms with Gasteiger partial charge in [0.15, 0.2) is 0 Å². The van der Waals surface area contributed by atoms with Crippen molar-refractivity contribution in [2.24, 2.45) is 0 Å². The topological polar surface area (TPSA) is 0 Å². The molecule has 1 radical (unpaired) electrons. The molecule has 0 N–H and O–H groups in total. The van der Waals surface area contributed by atoms with Gasteiger partial charge < -0.3 is 0 Å². The van der Waals surface area contributed by atoms with Gasteiger partial charge in [-0.2, -0.15) is 0 Å². The predicted molar refractivity (Wildman–Crippen MR) is 55.7 cm³/mol. The quantitative estimate of drug-likeness (QED) is 0.427. The first kappa shape index (κ1) is 11.6. The predicted octanol–water partition coefficient (Wildman–Crippen LogP) is 3.96. The highest BCUT2D eigenvalue weighted by Crippen LogP contribution is 2.07. The van der Waals surface area contributed by atoms with E-state index < -0.39 is 0 Å². The second-order valence-corrected chi connectivity index (χ2v) is 3.52. The van der Waals surface area contributed by atoms with Crippen LogP contribution in [0.2, 0.25) is 0 Å². The monoisotopic (exact) mass is 165 g/mol. The summed E-state index contributed by atoms with van der Waals surface area (Å²) >= 11 is 0. The minimum absolute atomic E-state index is 1.08. The minimum Gasteiger partial charge on any atom is -0.103 e. The van der Waals surface area contributed by atoms with Crippen molar-refractivity contribution < 1.29 is 0 Å². The molecule has 69 valence electrons. The molecule has 0 aliphatic rings. The Balaban J connectivity index is 3.10. The van der Waals surface area contributed by atoms with Crippen LogP contribution in [0.3, 0.4) is 0 Å². The zero-order valence-corrected chi connectivity index (χ0v) is 8.74. The maximum Gasteiger partial charge on any atom is 0.00888 e. The van der Waals surface area contributed by atoms with E-state index in [0.717, 1.165) is 12.8 Å². The van der Waals surface area contributed by atoms with E-state index in [1.807, 2.05) is 0 Å². The van der Waals surface area contributed by atoms with Crippen LogP contribution in [0.5, 0.6) is 0 Å². The van der Waals surface area contributed by atoms with Crippen molar-refractivity contribution in [1.82, 2.24) is 0 Å². The molecule has 0 heterocycles. The molecule has 0 atom stereocenters. The van der Waals surface area contributed by atoms with Crippen molar-refractivity contribution in [3.05, 3.63) is 5.92 Å². The maximum absolute atomic E-state index is 3.21. The van der Waals surface area contributed by atoms with Crippen LogP contribution < -0.4 is 0 Å². The molecule has 0 aromatic heterocycles. The molecule has 0 spiro atoms. The normalized spacial score (nSPS) is 9.67. The van der Waals surface area contributed by atoms with Crippen LogP contribution in [0.25, 0.3) is 0 Å². The van der Waals surface area contributed by atoms with E-state index in [2.05, 4.69) is 32.6 Å². The van der Waals surface area contributed by atoms with Crippen LogP contribution >= 0.6 is 0 Å². The lowest BCUT2D eigenvalue weighted by atomic mass is 10.1. The van der Waals surface area contributed by atoms with E-state index in [9.17, 15) is 0 Å².